The number of nitrogens with zero attached hydrogens (tertiary/aromatic N) is 1. The monoisotopic (exact) mass is 316 g/mol. The van der Waals surface area contributed by atoms with Crippen molar-refractivity contribution >= 4 is 34.9 Å². The first-order chi connectivity index (χ1) is 9.58. The van der Waals surface area contributed by atoms with Crippen LogP contribution in [-0.4, -0.2) is 24.0 Å². The Hall–Kier alpha value is -0.930. The van der Waals surface area contributed by atoms with Gasteiger partial charge in [-0.1, -0.05) is 49.9 Å². The summed E-state index contributed by atoms with van der Waals surface area (Å²) in [5.41, 5.74) is 0.596. The molecule has 1 aromatic carbocycles. The van der Waals surface area contributed by atoms with Crippen LogP contribution in [0.5, 0.6) is 0 Å². The van der Waals surface area contributed by atoms with Gasteiger partial charge < -0.3 is 10.2 Å². The molecule has 0 fully saturated rings. The first kappa shape index (κ1) is 17.1. The number of anilines is 1. The highest BCUT2D eigenvalue weighted by molar-refractivity contribution is 6.36. The summed E-state index contributed by atoms with van der Waals surface area (Å²) in [6, 6.07) is 4.96. The Morgan fingerprint density at radius 1 is 1.15 bits per heavy atom. The third-order valence-electron chi connectivity index (χ3n) is 3.02. The van der Waals surface area contributed by atoms with Gasteiger partial charge in [0.15, 0.2) is 0 Å². The molecule has 1 N–H and O–H groups in total. The van der Waals surface area contributed by atoms with Crippen LogP contribution in [-0.2, 0) is 0 Å². The summed E-state index contributed by atoms with van der Waals surface area (Å²) in [5.74, 6) is 0. The molecule has 1 rings (SSSR count). The van der Waals surface area contributed by atoms with Crippen molar-refractivity contribution in [2.24, 2.45) is 0 Å². The number of hydrogen-bond donors (Lipinski definition) is 1. The lowest BCUT2D eigenvalue weighted by atomic mass is 10.2. The van der Waals surface area contributed by atoms with Gasteiger partial charge in [-0.25, -0.2) is 4.79 Å². The average Bonchev–Trinajstić information content (AvgIpc) is 2.42. The van der Waals surface area contributed by atoms with Crippen LogP contribution in [0, 0.1) is 0 Å². The van der Waals surface area contributed by atoms with Crippen molar-refractivity contribution in [2.45, 2.75) is 39.5 Å². The normalized spacial score (nSPS) is 10.4. The zero-order valence-electron chi connectivity index (χ0n) is 12.1. The molecule has 112 valence electrons. The molecular weight excluding hydrogens is 295 g/mol. The molecular formula is C15H22Cl2N2O. The van der Waals surface area contributed by atoms with Gasteiger partial charge >= 0.3 is 6.03 Å². The number of urea groups is 1. The van der Waals surface area contributed by atoms with Gasteiger partial charge in [-0.3, -0.25) is 0 Å². The smallest absolute Gasteiger partial charge is 0.321 e. The molecule has 0 aliphatic rings. The number of unbranched alkanes of at least 4 members (excludes halogenated alkanes) is 2. The molecule has 3 nitrogen and oxygen atoms in total. The van der Waals surface area contributed by atoms with Crippen LogP contribution in [0.1, 0.15) is 39.5 Å². The number of halogens is 2. The second-order valence-corrected chi connectivity index (χ2v) is 5.59. The number of nitrogens with one attached hydrogen (secondary N) is 1. The van der Waals surface area contributed by atoms with E-state index in [4.69, 9.17) is 23.2 Å². The highest BCUT2D eigenvalue weighted by Gasteiger charge is 2.14. The lowest BCUT2D eigenvalue weighted by Gasteiger charge is -2.23. The van der Waals surface area contributed by atoms with Gasteiger partial charge in [0.05, 0.1) is 10.7 Å². The van der Waals surface area contributed by atoms with Crippen molar-refractivity contribution in [1.29, 1.82) is 0 Å². The fourth-order valence-corrected chi connectivity index (χ4v) is 2.25. The molecule has 5 heteroatoms. The molecule has 1 aromatic rings. The Labute approximate surface area is 131 Å². The minimum Gasteiger partial charge on any atom is -0.325 e. The SMILES string of the molecule is CCCCN(CCCC)C(=O)Nc1ccc(Cl)cc1Cl. The van der Waals surface area contributed by atoms with Gasteiger partial charge in [0.1, 0.15) is 0 Å². The van der Waals surface area contributed by atoms with E-state index in [0.29, 0.717) is 15.7 Å². The molecule has 0 saturated heterocycles. The van der Waals surface area contributed by atoms with Gasteiger partial charge in [-0.15, -0.1) is 0 Å². The Bertz CT molecular complexity index is 430. The molecule has 20 heavy (non-hydrogen) atoms. The van der Waals surface area contributed by atoms with Crippen LogP contribution in [0.4, 0.5) is 10.5 Å². The number of carbonyl (C=O) groups is 1. The lowest BCUT2D eigenvalue weighted by Crippen LogP contribution is -2.36. The molecule has 2 amide bonds. The molecule has 0 atom stereocenters. The topological polar surface area (TPSA) is 32.3 Å². The molecule has 0 radical (unpaired) electrons. The van der Waals surface area contributed by atoms with E-state index in [2.05, 4.69) is 19.2 Å². The molecule has 0 aliphatic heterocycles. The van der Waals surface area contributed by atoms with E-state index >= 15 is 0 Å². The Kier molecular flexibility index (Phi) is 7.78. The summed E-state index contributed by atoms with van der Waals surface area (Å²) in [6.07, 6.45) is 4.15. The maximum atomic E-state index is 12.3. The highest BCUT2D eigenvalue weighted by Crippen LogP contribution is 2.25. The van der Waals surface area contributed by atoms with Gasteiger partial charge in [-0.2, -0.15) is 0 Å². The van der Waals surface area contributed by atoms with Crippen LogP contribution in [0.2, 0.25) is 10.0 Å². The van der Waals surface area contributed by atoms with E-state index in [1.165, 1.54) is 0 Å². The third-order valence-corrected chi connectivity index (χ3v) is 3.57. The van der Waals surface area contributed by atoms with Gasteiger partial charge in [0.2, 0.25) is 0 Å². The zero-order valence-corrected chi connectivity index (χ0v) is 13.6. The van der Waals surface area contributed by atoms with Crippen LogP contribution < -0.4 is 5.32 Å². The van der Waals surface area contributed by atoms with Gasteiger partial charge in [0, 0.05) is 18.1 Å². The molecule has 0 spiro atoms. The van der Waals surface area contributed by atoms with Crippen LogP contribution >= 0.6 is 23.2 Å². The maximum absolute atomic E-state index is 12.3. The fraction of sp³-hybridized carbons (Fsp3) is 0.533. The second kappa shape index (κ2) is 9.09. The summed E-state index contributed by atoms with van der Waals surface area (Å²) < 4.78 is 0. The first-order valence-corrected chi connectivity index (χ1v) is 7.85. The number of hydrogen-bond acceptors (Lipinski definition) is 1. The predicted octanol–water partition coefficient (Wildman–Crippen LogP) is 5.43. The molecule has 0 unspecified atom stereocenters. The maximum Gasteiger partial charge on any atom is 0.321 e. The standard InChI is InChI=1S/C15H22Cl2N2O/c1-3-5-9-19(10-6-4-2)15(20)18-14-8-7-12(16)11-13(14)17/h7-8,11H,3-6,9-10H2,1-2H3,(H,18,20). The van der Waals surface area contributed by atoms with Crippen molar-refractivity contribution in [1.82, 2.24) is 4.90 Å². The van der Waals surface area contributed by atoms with E-state index in [1.807, 2.05) is 4.90 Å². The van der Waals surface area contributed by atoms with Crippen molar-refractivity contribution in [3.8, 4) is 0 Å². The van der Waals surface area contributed by atoms with Crippen LogP contribution in [0.3, 0.4) is 0 Å². The third kappa shape index (κ3) is 5.59. The van der Waals surface area contributed by atoms with Crippen molar-refractivity contribution < 1.29 is 4.79 Å². The minimum atomic E-state index is -0.101. The number of benzene rings is 1. The van der Waals surface area contributed by atoms with E-state index in [1.54, 1.807) is 18.2 Å². The Balaban J connectivity index is 2.68. The number of carbonyl (C=O) groups excluding carboxylic acids is 1. The van der Waals surface area contributed by atoms with Crippen molar-refractivity contribution in [2.75, 3.05) is 18.4 Å². The predicted molar refractivity (Wildman–Crippen MR) is 86.9 cm³/mol. The van der Waals surface area contributed by atoms with Crippen LogP contribution in [0.15, 0.2) is 18.2 Å². The average molecular weight is 317 g/mol. The van der Waals surface area contributed by atoms with Gasteiger partial charge in [0.25, 0.3) is 0 Å². The molecule has 0 aliphatic carbocycles. The van der Waals surface area contributed by atoms with E-state index < -0.39 is 0 Å². The zero-order chi connectivity index (χ0) is 15.0. The molecule has 0 saturated carbocycles. The molecule has 0 aromatic heterocycles. The summed E-state index contributed by atoms with van der Waals surface area (Å²) >= 11 is 11.9. The largest absolute Gasteiger partial charge is 0.325 e. The molecule has 0 heterocycles. The fourth-order valence-electron chi connectivity index (χ4n) is 1.80. The van der Waals surface area contributed by atoms with E-state index in [-0.39, 0.29) is 6.03 Å². The van der Waals surface area contributed by atoms with Gasteiger partial charge in [-0.05, 0) is 31.0 Å². The summed E-state index contributed by atoms with van der Waals surface area (Å²) in [6.45, 7) is 5.78. The summed E-state index contributed by atoms with van der Waals surface area (Å²) in [5, 5.41) is 3.86. The number of rotatable bonds is 7. The summed E-state index contributed by atoms with van der Waals surface area (Å²) in [4.78, 5) is 14.1. The second-order valence-electron chi connectivity index (χ2n) is 4.75. The van der Waals surface area contributed by atoms with E-state index in [0.717, 1.165) is 38.8 Å². The Morgan fingerprint density at radius 2 is 1.75 bits per heavy atom. The van der Waals surface area contributed by atoms with E-state index in [9.17, 15) is 4.79 Å². The molecule has 0 bridgehead atoms. The quantitative estimate of drug-likeness (QED) is 0.715. The van der Waals surface area contributed by atoms with Crippen molar-refractivity contribution in [3.05, 3.63) is 28.2 Å². The Morgan fingerprint density at radius 3 is 2.25 bits per heavy atom. The highest BCUT2D eigenvalue weighted by atomic mass is 35.5. The lowest BCUT2D eigenvalue weighted by molar-refractivity contribution is 0.210. The first-order valence-electron chi connectivity index (χ1n) is 7.09. The van der Waals surface area contributed by atoms with Crippen molar-refractivity contribution in [3.63, 3.8) is 0 Å². The minimum absolute atomic E-state index is 0.101. The number of amides is 2. The van der Waals surface area contributed by atoms with Crippen LogP contribution in [0.25, 0.3) is 0 Å². The summed E-state index contributed by atoms with van der Waals surface area (Å²) in [7, 11) is 0.